The molecule has 110 valence electrons. The van der Waals surface area contributed by atoms with Gasteiger partial charge in [0.2, 0.25) is 0 Å². The van der Waals surface area contributed by atoms with Gasteiger partial charge in [0.15, 0.2) is 5.79 Å². The molecule has 0 aromatic heterocycles. The largest absolute Gasteiger partial charge is 0.366 e. The van der Waals surface area contributed by atoms with Crippen LogP contribution in [0.1, 0.15) is 25.8 Å². The summed E-state index contributed by atoms with van der Waals surface area (Å²) in [4.78, 5) is 11.7. The van der Waals surface area contributed by atoms with E-state index in [4.69, 9.17) is 4.74 Å². The molecule has 2 rings (SSSR count). The highest BCUT2D eigenvalue weighted by Gasteiger charge is 2.31. The van der Waals surface area contributed by atoms with Crippen LogP contribution in [-0.2, 0) is 11.2 Å². The van der Waals surface area contributed by atoms with E-state index in [1.807, 2.05) is 30.3 Å². The predicted molar refractivity (Wildman–Crippen MR) is 76.3 cm³/mol. The highest BCUT2D eigenvalue weighted by atomic mass is 16.6. The summed E-state index contributed by atoms with van der Waals surface area (Å²) in [5.74, 6) is -1.21. The lowest BCUT2D eigenvalue weighted by atomic mass is 9.99. The number of urea groups is 1. The second-order valence-corrected chi connectivity index (χ2v) is 5.59. The summed E-state index contributed by atoms with van der Waals surface area (Å²) >= 11 is 0. The third-order valence-corrected chi connectivity index (χ3v) is 3.22. The Morgan fingerprint density at radius 2 is 2.05 bits per heavy atom. The van der Waals surface area contributed by atoms with E-state index in [1.54, 1.807) is 13.8 Å². The van der Waals surface area contributed by atoms with Gasteiger partial charge in [0.05, 0.1) is 12.1 Å². The highest BCUT2D eigenvalue weighted by Crippen LogP contribution is 2.18. The van der Waals surface area contributed by atoms with Gasteiger partial charge in [0.25, 0.3) is 0 Å². The Balaban J connectivity index is 2.11. The Bertz CT molecular complexity index is 442. The third-order valence-electron chi connectivity index (χ3n) is 3.22. The van der Waals surface area contributed by atoms with Crippen LogP contribution in [-0.4, -0.2) is 35.6 Å². The molecule has 1 heterocycles. The number of aliphatic hydroxyl groups is 1. The smallest absolute Gasteiger partial charge is 0.315 e. The van der Waals surface area contributed by atoms with Crippen LogP contribution in [0.25, 0.3) is 0 Å². The molecule has 1 aliphatic heterocycles. The van der Waals surface area contributed by atoms with Crippen molar-refractivity contribution in [1.29, 1.82) is 0 Å². The first-order valence-electron chi connectivity index (χ1n) is 6.92. The zero-order valence-electron chi connectivity index (χ0n) is 11.9. The average molecular weight is 278 g/mol. The van der Waals surface area contributed by atoms with Gasteiger partial charge in [-0.25, -0.2) is 4.79 Å². The number of ether oxygens (including phenoxy) is 1. The Morgan fingerprint density at radius 3 is 2.70 bits per heavy atom. The zero-order valence-corrected chi connectivity index (χ0v) is 11.9. The average Bonchev–Trinajstić information content (AvgIpc) is 2.51. The van der Waals surface area contributed by atoms with E-state index in [-0.39, 0.29) is 18.2 Å². The second kappa shape index (κ2) is 6.24. The normalized spacial score (nSPS) is 23.6. The molecular weight excluding hydrogens is 256 g/mol. The van der Waals surface area contributed by atoms with Crippen LogP contribution >= 0.6 is 0 Å². The minimum absolute atomic E-state index is 0.161. The number of hydrogen-bond acceptors (Lipinski definition) is 3. The quantitative estimate of drug-likeness (QED) is 0.729. The van der Waals surface area contributed by atoms with E-state index < -0.39 is 5.79 Å². The van der Waals surface area contributed by atoms with Crippen molar-refractivity contribution in [2.24, 2.45) is 0 Å². The molecule has 1 saturated heterocycles. The van der Waals surface area contributed by atoms with E-state index in [1.165, 1.54) is 0 Å². The molecule has 1 aromatic carbocycles. The van der Waals surface area contributed by atoms with Gasteiger partial charge in [0, 0.05) is 6.54 Å². The van der Waals surface area contributed by atoms with Crippen LogP contribution in [0.15, 0.2) is 30.3 Å². The third kappa shape index (κ3) is 4.51. The topological polar surface area (TPSA) is 70.6 Å². The highest BCUT2D eigenvalue weighted by molar-refractivity contribution is 5.74. The van der Waals surface area contributed by atoms with Crippen molar-refractivity contribution in [3.05, 3.63) is 35.9 Å². The minimum Gasteiger partial charge on any atom is -0.366 e. The predicted octanol–water partition coefficient (Wildman–Crippen LogP) is 1.41. The standard InChI is InChI=1S/C15H22N2O3/c1-15(2,19)20-13-8-9-16-14(18)17-12(13)10-11-6-4-3-5-7-11/h3-7,12-13,19H,8-10H2,1-2H3,(H2,16,17,18). The summed E-state index contributed by atoms with van der Waals surface area (Å²) in [6.45, 7) is 3.75. The monoisotopic (exact) mass is 278 g/mol. The number of amides is 2. The Labute approximate surface area is 119 Å². The van der Waals surface area contributed by atoms with Gasteiger partial charge in [-0.15, -0.1) is 0 Å². The lowest BCUT2D eigenvalue weighted by molar-refractivity contribution is -0.211. The number of nitrogens with one attached hydrogen (secondary N) is 2. The summed E-state index contributed by atoms with van der Waals surface area (Å²) in [5.41, 5.74) is 1.13. The molecule has 0 bridgehead atoms. The van der Waals surface area contributed by atoms with Crippen molar-refractivity contribution >= 4 is 6.03 Å². The molecule has 3 N–H and O–H groups in total. The molecule has 0 aliphatic carbocycles. The maximum atomic E-state index is 11.7. The van der Waals surface area contributed by atoms with Crippen molar-refractivity contribution in [3.8, 4) is 0 Å². The fraction of sp³-hybridized carbons (Fsp3) is 0.533. The Hall–Kier alpha value is -1.59. The molecule has 2 unspecified atom stereocenters. The van der Waals surface area contributed by atoms with Crippen LogP contribution in [0.3, 0.4) is 0 Å². The molecule has 1 aromatic rings. The zero-order chi connectivity index (χ0) is 14.6. The van der Waals surface area contributed by atoms with Gasteiger partial charge in [0.1, 0.15) is 0 Å². The molecule has 2 amide bonds. The maximum absolute atomic E-state index is 11.7. The van der Waals surface area contributed by atoms with Gasteiger partial charge in [-0.1, -0.05) is 30.3 Å². The molecule has 0 spiro atoms. The molecule has 5 heteroatoms. The van der Waals surface area contributed by atoms with Crippen molar-refractivity contribution in [2.75, 3.05) is 6.54 Å². The molecule has 5 nitrogen and oxygen atoms in total. The van der Waals surface area contributed by atoms with E-state index in [2.05, 4.69) is 10.6 Å². The molecule has 1 aliphatic rings. The number of rotatable bonds is 4. The Kier molecular flexibility index (Phi) is 4.62. The van der Waals surface area contributed by atoms with Crippen molar-refractivity contribution < 1.29 is 14.6 Å². The SMILES string of the molecule is CC(C)(O)OC1CCNC(=O)NC1Cc1ccccc1. The lowest BCUT2D eigenvalue weighted by Gasteiger charge is -2.31. The fourth-order valence-corrected chi connectivity index (χ4v) is 2.40. The lowest BCUT2D eigenvalue weighted by Crippen LogP contribution is -2.48. The maximum Gasteiger partial charge on any atom is 0.315 e. The fourth-order valence-electron chi connectivity index (χ4n) is 2.40. The van der Waals surface area contributed by atoms with E-state index in [9.17, 15) is 9.90 Å². The summed E-state index contributed by atoms with van der Waals surface area (Å²) in [7, 11) is 0. The van der Waals surface area contributed by atoms with Gasteiger partial charge in [-0.05, 0) is 32.3 Å². The van der Waals surface area contributed by atoms with Crippen LogP contribution in [0.4, 0.5) is 4.79 Å². The minimum atomic E-state index is -1.21. The number of carbonyl (C=O) groups excluding carboxylic acids is 1. The van der Waals surface area contributed by atoms with Crippen LogP contribution in [0.5, 0.6) is 0 Å². The molecular formula is C15H22N2O3. The summed E-state index contributed by atoms with van der Waals surface area (Å²) in [6, 6.07) is 9.59. The molecule has 1 fully saturated rings. The first-order chi connectivity index (χ1) is 9.44. The first kappa shape index (κ1) is 14.8. The Morgan fingerprint density at radius 1 is 1.35 bits per heavy atom. The van der Waals surface area contributed by atoms with Crippen molar-refractivity contribution in [1.82, 2.24) is 10.6 Å². The van der Waals surface area contributed by atoms with Gasteiger partial charge >= 0.3 is 6.03 Å². The van der Waals surface area contributed by atoms with Crippen LogP contribution in [0.2, 0.25) is 0 Å². The van der Waals surface area contributed by atoms with E-state index in [0.717, 1.165) is 5.56 Å². The molecule has 0 radical (unpaired) electrons. The number of benzene rings is 1. The summed E-state index contributed by atoms with van der Waals surface area (Å²) < 4.78 is 5.69. The number of hydrogen-bond donors (Lipinski definition) is 3. The van der Waals surface area contributed by atoms with Gasteiger partial charge in [-0.3, -0.25) is 0 Å². The molecule has 0 saturated carbocycles. The first-order valence-corrected chi connectivity index (χ1v) is 6.92. The van der Waals surface area contributed by atoms with Gasteiger partial charge in [-0.2, -0.15) is 0 Å². The van der Waals surface area contributed by atoms with Crippen molar-refractivity contribution in [3.63, 3.8) is 0 Å². The second-order valence-electron chi connectivity index (χ2n) is 5.59. The summed E-state index contributed by atoms with van der Waals surface area (Å²) in [6.07, 6.45) is 1.11. The van der Waals surface area contributed by atoms with Crippen molar-refractivity contribution in [2.45, 2.75) is 44.6 Å². The molecule has 2 atom stereocenters. The van der Waals surface area contributed by atoms with Crippen LogP contribution in [0, 0.1) is 0 Å². The van der Waals surface area contributed by atoms with Crippen LogP contribution < -0.4 is 10.6 Å². The van der Waals surface area contributed by atoms with E-state index >= 15 is 0 Å². The number of carbonyl (C=O) groups is 1. The molecule has 20 heavy (non-hydrogen) atoms. The summed E-state index contributed by atoms with van der Waals surface area (Å²) in [5, 5.41) is 15.5. The van der Waals surface area contributed by atoms with Gasteiger partial charge < -0.3 is 20.5 Å². The van der Waals surface area contributed by atoms with E-state index in [0.29, 0.717) is 19.4 Å².